The Morgan fingerprint density at radius 1 is 1.64 bits per heavy atom. The van der Waals surface area contributed by atoms with Gasteiger partial charge < -0.3 is 0 Å². The summed E-state index contributed by atoms with van der Waals surface area (Å²) in [6.45, 7) is 2.23. The zero-order chi connectivity index (χ0) is 8.43. The van der Waals surface area contributed by atoms with Gasteiger partial charge in [0.1, 0.15) is 12.0 Å². The SMILES string of the molecule is CC(=O)[C@@H]1CC(F)CCN1C. The number of likely N-dealkylation sites (tertiary alicyclic amines) is 1. The topological polar surface area (TPSA) is 20.3 Å². The van der Waals surface area contributed by atoms with Gasteiger partial charge in [-0.15, -0.1) is 0 Å². The number of carbonyl (C=O) groups excluding carboxylic acids is 1. The predicted molar refractivity (Wildman–Crippen MR) is 41.2 cm³/mol. The number of carbonyl (C=O) groups is 1. The van der Waals surface area contributed by atoms with Crippen LogP contribution in [0.4, 0.5) is 4.39 Å². The number of likely N-dealkylation sites (N-methyl/N-ethyl adjacent to an activating group) is 1. The summed E-state index contributed by atoms with van der Waals surface area (Å²) in [6.07, 6.45) is 0.173. The molecule has 0 aromatic heterocycles. The van der Waals surface area contributed by atoms with Gasteiger partial charge in [0.2, 0.25) is 0 Å². The van der Waals surface area contributed by atoms with Gasteiger partial charge in [-0.3, -0.25) is 9.69 Å². The van der Waals surface area contributed by atoms with Gasteiger partial charge in [-0.1, -0.05) is 0 Å². The molecule has 0 amide bonds. The molecule has 1 rings (SSSR count). The summed E-state index contributed by atoms with van der Waals surface area (Å²) < 4.78 is 12.8. The first-order chi connectivity index (χ1) is 5.11. The molecule has 1 unspecified atom stereocenters. The highest BCUT2D eigenvalue weighted by molar-refractivity contribution is 5.81. The molecule has 0 radical (unpaired) electrons. The van der Waals surface area contributed by atoms with Crippen LogP contribution in [0.2, 0.25) is 0 Å². The molecule has 0 aromatic rings. The Morgan fingerprint density at radius 2 is 2.27 bits per heavy atom. The van der Waals surface area contributed by atoms with E-state index >= 15 is 0 Å². The van der Waals surface area contributed by atoms with Crippen LogP contribution in [-0.4, -0.2) is 36.5 Å². The van der Waals surface area contributed by atoms with E-state index in [0.717, 1.165) is 0 Å². The van der Waals surface area contributed by atoms with E-state index in [1.807, 2.05) is 11.9 Å². The number of piperidine rings is 1. The number of halogens is 1. The van der Waals surface area contributed by atoms with Crippen LogP contribution >= 0.6 is 0 Å². The fourth-order valence-electron chi connectivity index (χ4n) is 1.52. The predicted octanol–water partition coefficient (Wildman–Crippen LogP) is 1.01. The number of alkyl halides is 1. The number of rotatable bonds is 1. The van der Waals surface area contributed by atoms with Crippen molar-refractivity contribution in [3.05, 3.63) is 0 Å². The lowest BCUT2D eigenvalue weighted by Crippen LogP contribution is -2.44. The third kappa shape index (κ3) is 1.99. The van der Waals surface area contributed by atoms with E-state index in [-0.39, 0.29) is 11.8 Å². The second kappa shape index (κ2) is 3.30. The van der Waals surface area contributed by atoms with E-state index < -0.39 is 6.17 Å². The Balaban J connectivity index is 2.54. The van der Waals surface area contributed by atoms with Crippen LogP contribution in [0.15, 0.2) is 0 Å². The van der Waals surface area contributed by atoms with Crippen molar-refractivity contribution in [3.63, 3.8) is 0 Å². The maximum absolute atomic E-state index is 12.8. The monoisotopic (exact) mass is 159 g/mol. The molecule has 3 heteroatoms. The Hall–Kier alpha value is -0.440. The van der Waals surface area contributed by atoms with E-state index in [2.05, 4.69) is 0 Å². The lowest BCUT2D eigenvalue weighted by atomic mass is 9.98. The molecule has 2 atom stereocenters. The molecule has 64 valence electrons. The van der Waals surface area contributed by atoms with Gasteiger partial charge in [0.15, 0.2) is 0 Å². The Kier molecular flexibility index (Phi) is 2.60. The summed E-state index contributed by atoms with van der Waals surface area (Å²) in [5.74, 6) is 0.0786. The molecule has 1 fully saturated rings. The van der Waals surface area contributed by atoms with E-state index in [1.54, 1.807) is 0 Å². The Bertz CT molecular complexity index is 160. The lowest BCUT2D eigenvalue weighted by Gasteiger charge is -2.32. The molecular weight excluding hydrogens is 145 g/mol. The van der Waals surface area contributed by atoms with Crippen molar-refractivity contribution >= 4 is 5.78 Å². The van der Waals surface area contributed by atoms with Gasteiger partial charge in [-0.05, 0) is 20.4 Å². The van der Waals surface area contributed by atoms with E-state index in [4.69, 9.17) is 0 Å². The average Bonchev–Trinajstić information content (AvgIpc) is 1.94. The highest BCUT2D eigenvalue weighted by Gasteiger charge is 2.28. The summed E-state index contributed by atoms with van der Waals surface area (Å²) in [5, 5.41) is 0. The van der Waals surface area contributed by atoms with Gasteiger partial charge in [-0.2, -0.15) is 0 Å². The number of hydrogen-bond donors (Lipinski definition) is 0. The second-order valence-corrected chi connectivity index (χ2v) is 3.23. The smallest absolute Gasteiger partial charge is 0.146 e. The minimum Gasteiger partial charge on any atom is -0.298 e. The van der Waals surface area contributed by atoms with Crippen molar-refractivity contribution in [1.29, 1.82) is 0 Å². The van der Waals surface area contributed by atoms with Crippen LogP contribution in [0.3, 0.4) is 0 Å². The maximum Gasteiger partial charge on any atom is 0.146 e. The number of nitrogens with zero attached hydrogens (tertiary/aromatic N) is 1. The molecule has 0 aliphatic carbocycles. The summed E-state index contributed by atoms with van der Waals surface area (Å²) in [7, 11) is 1.87. The number of hydrogen-bond acceptors (Lipinski definition) is 2. The van der Waals surface area contributed by atoms with Gasteiger partial charge in [-0.25, -0.2) is 4.39 Å². The van der Waals surface area contributed by atoms with Crippen LogP contribution in [-0.2, 0) is 4.79 Å². The third-order valence-electron chi connectivity index (χ3n) is 2.28. The average molecular weight is 159 g/mol. The molecule has 0 bridgehead atoms. The van der Waals surface area contributed by atoms with Crippen molar-refractivity contribution in [1.82, 2.24) is 4.90 Å². The standard InChI is InChI=1S/C8H14FNO/c1-6(11)8-5-7(9)3-4-10(8)2/h7-8H,3-5H2,1-2H3/t7?,8-/m0/s1. The first-order valence-corrected chi connectivity index (χ1v) is 3.96. The van der Waals surface area contributed by atoms with Crippen LogP contribution in [0, 0.1) is 0 Å². The Labute approximate surface area is 66.4 Å². The molecule has 1 saturated heterocycles. The molecule has 2 nitrogen and oxygen atoms in total. The molecule has 1 heterocycles. The van der Waals surface area contributed by atoms with Gasteiger partial charge in [0, 0.05) is 13.0 Å². The lowest BCUT2D eigenvalue weighted by molar-refractivity contribution is -0.123. The highest BCUT2D eigenvalue weighted by Crippen LogP contribution is 2.18. The molecule has 11 heavy (non-hydrogen) atoms. The fraction of sp³-hybridized carbons (Fsp3) is 0.875. The molecular formula is C8H14FNO. The number of Topliss-reactive ketones (excluding diaryl/α,β-unsaturated/α-hetero) is 1. The fourth-order valence-corrected chi connectivity index (χ4v) is 1.52. The molecule has 0 N–H and O–H groups in total. The van der Waals surface area contributed by atoms with Crippen LogP contribution < -0.4 is 0 Å². The first kappa shape index (κ1) is 8.65. The van der Waals surface area contributed by atoms with Gasteiger partial charge in [0.05, 0.1) is 6.04 Å². The van der Waals surface area contributed by atoms with Crippen molar-refractivity contribution in [2.45, 2.75) is 32.0 Å². The Morgan fingerprint density at radius 3 is 2.73 bits per heavy atom. The van der Waals surface area contributed by atoms with Gasteiger partial charge >= 0.3 is 0 Å². The quantitative estimate of drug-likeness (QED) is 0.569. The van der Waals surface area contributed by atoms with Crippen LogP contribution in [0.1, 0.15) is 19.8 Å². The van der Waals surface area contributed by atoms with Crippen molar-refractivity contribution in [3.8, 4) is 0 Å². The normalized spacial score (nSPS) is 33.7. The summed E-state index contributed by atoms with van der Waals surface area (Å²) in [4.78, 5) is 12.9. The van der Waals surface area contributed by atoms with E-state index in [1.165, 1.54) is 6.92 Å². The molecule has 0 saturated carbocycles. The maximum atomic E-state index is 12.8. The van der Waals surface area contributed by atoms with Crippen molar-refractivity contribution in [2.24, 2.45) is 0 Å². The highest BCUT2D eigenvalue weighted by atomic mass is 19.1. The molecule has 0 spiro atoms. The van der Waals surface area contributed by atoms with Gasteiger partial charge in [0.25, 0.3) is 0 Å². The largest absolute Gasteiger partial charge is 0.298 e. The minimum atomic E-state index is -0.778. The van der Waals surface area contributed by atoms with Crippen LogP contribution in [0.5, 0.6) is 0 Å². The second-order valence-electron chi connectivity index (χ2n) is 3.23. The molecule has 1 aliphatic heterocycles. The third-order valence-corrected chi connectivity index (χ3v) is 2.28. The molecule has 1 aliphatic rings. The summed E-state index contributed by atoms with van der Waals surface area (Å²) >= 11 is 0. The summed E-state index contributed by atoms with van der Waals surface area (Å²) in [5.41, 5.74) is 0. The zero-order valence-electron chi connectivity index (χ0n) is 7.01. The van der Waals surface area contributed by atoms with E-state index in [9.17, 15) is 9.18 Å². The first-order valence-electron chi connectivity index (χ1n) is 3.96. The molecule has 0 aromatic carbocycles. The summed E-state index contributed by atoms with van der Waals surface area (Å²) in [6, 6.07) is -0.182. The minimum absolute atomic E-state index is 0.0786. The zero-order valence-corrected chi connectivity index (χ0v) is 7.01. The van der Waals surface area contributed by atoms with Crippen molar-refractivity contribution in [2.75, 3.05) is 13.6 Å². The van der Waals surface area contributed by atoms with E-state index in [0.29, 0.717) is 19.4 Å². The number of ketones is 1. The van der Waals surface area contributed by atoms with Crippen LogP contribution in [0.25, 0.3) is 0 Å². The van der Waals surface area contributed by atoms with Crippen molar-refractivity contribution < 1.29 is 9.18 Å².